The lowest BCUT2D eigenvalue weighted by atomic mass is 10.3. The van der Waals surface area contributed by atoms with Crippen LogP contribution in [0.2, 0.25) is 0 Å². The van der Waals surface area contributed by atoms with Gasteiger partial charge in [-0.2, -0.15) is 0 Å². The molecule has 2 N–H and O–H groups in total. The van der Waals surface area contributed by atoms with Gasteiger partial charge in [0.2, 0.25) is 0 Å². The van der Waals surface area contributed by atoms with Crippen molar-refractivity contribution in [1.82, 2.24) is 5.32 Å². The van der Waals surface area contributed by atoms with E-state index in [0.717, 1.165) is 4.21 Å². The molecule has 14 heavy (non-hydrogen) atoms. The largest absolute Gasteiger partial charge is 0.480 e. The van der Waals surface area contributed by atoms with Crippen molar-refractivity contribution in [3.63, 3.8) is 0 Å². The van der Waals surface area contributed by atoms with Crippen molar-refractivity contribution in [1.29, 1.82) is 0 Å². The van der Waals surface area contributed by atoms with Crippen LogP contribution >= 0.6 is 23.1 Å². The van der Waals surface area contributed by atoms with Gasteiger partial charge in [0, 0.05) is 5.75 Å². The summed E-state index contributed by atoms with van der Waals surface area (Å²) < 4.78 is 1.16. The molecule has 3 nitrogen and oxygen atoms in total. The third-order valence-corrected chi connectivity index (χ3v) is 3.86. The molecule has 0 aliphatic carbocycles. The fourth-order valence-electron chi connectivity index (χ4n) is 0.975. The molecule has 0 radical (unpaired) electrons. The lowest BCUT2D eigenvalue weighted by molar-refractivity contribution is -0.138. The summed E-state index contributed by atoms with van der Waals surface area (Å²) in [5.74, 6) is -0.208. The molecule has 0 aromatic carbocycles. The minimum atomic E-state index is -0.782. The number of thiophene rings is 1. The highest BCUT2D eigenvalue weighted by Crippen LogP contribution is 2.23. The van der Waals surface area contributed by atoms with Crippen LogP contribution in [0, 0.1) is 0 Å². The first-order valence-corrected chi connectivity index (χ1v) is 6.23. The topological polar surface area (TPSA) is 49.3 Å². The number of thioether (sulfide) groups is 1. The molecule has 0 amide bonds. The Labute approximate surface area is 91.5 Å². The molecule has 1 heterocycles. The van der Waals surface area contributed by atoms with E-state index in [0.29, 0.717) is 12.3 Å². The standard InChI is InChI=1S/C9H13NO2S2/c1-2-10-7(9(11)12)6-14-8-4-3-5-13-8/h3-5,7,10H,2,6H2,1H3,(H,11,12). The number of carbonyl (C=O) groups is 1. The number of carboxylic acid groups (broad SMARTS) is 1. The number of rotatable bonds is 6. The first-order chi connectivity index (χ1) is 6.74. The third kappa shape index (κ3) is 3.69. The van der Waals surface area contributed by atoms with Crippen molar-refractivity contribution >= 4 is 29.1 Å². The molecule has 0 fully saturated rings. The summed E-state index contributed by atoms with van der Waals surface area (Å²) in [6, 6.07) is 3.52. The van der Waals surface area contributed by atoms with Crippen molar-refractivity contribution in [2.45, 2.75) is 17.2 Å². The molecule has 0 spiro atoms. The van der Waals surface area contributed by atoms with E-state index in [-0.39, 0.29) is 0 Å². The second kappa shape index (κ2) is 6.06. The fourth-order valence-corrected chi connectivity index (χ4v) is 2.83. The Balaban J connectivity index is 2.37. The lowest BCUT2D eigenvalue weighted by Gasteiger charge is -2.11. The predicted octanol–water partition coefficient (Wildman–Crippen LogP) is 1.90. The van der Waals surface area contributed by atoms with Crippen LogP contribution in [0.15, 0.2) is 21.7 Å². The average Bonchev–Trinajstić information content (AvgIpc) is 2.64. The van der Waals surface area contributed by atoms with E-state index in [2.05, 4.69) is 5.32 Å². The van der Waals surface area contributed by atoms with Crippen molar-refractivity contribution < 1.29 is 9.90 Å². The molecule has 0 bridgehead atoms. The SMILES string of the molecule is CCNC(CSc1cccs1)C(=O)O. The molecule has 5 heteroatoms. The highest BCUT2D eigenvalue weighted by molar-refractivity contribution is 8.01. The van der Waals surface area contributed by atoms with Crippen molar-refractivity contribution in [3.8, 4) is 0 Å². The van der Waals surface area contributed by atoms with E-state index in [1.54, 1.807) is 23.1 Å². The summed E-state index contributed by atoms with van der Waals surface area (Å²) in [6.45, 7) is 2.59. The van der Waals surface area contributed by atoms with Crippen LogP contribution in [0.25, 0.3) is 0 Å². The Kier molecular flexibility index (Phi) is 5.00. The van der Waals surface area contributed by atoms with Crippen molar-refractivity contribution in [3.05, 3.63) is 17.5 Å². The van der Waals surface area contributed by atoms with Gasteiger partial charge in [-0.1, -0.05) is 13.0 Å². The molecule has 1 rings (SSSR count). The summed E-state index contributed by atoms with van der Waals surface area (Å²) in [5, 5.41) is 13.8. The zero-order valence-electron chi connectivity index (χ0n) is 7.90. The molecule has 0 aliphatic rings. The predicted molar refractivity (Wildman–Crippen MR) is 60.1 cm³/mol. The van der Waals surface area contributed by atoms with Gasteiger partial charge < -0.3 is 10.4 Å². The molecule has 1 atom stereocenters. The van der Waals surface area contributed by atoms with Crippen molar-refractivity contribution in [2.75, 3.05) is 12.3 Å². The van der Waals surface area contributed by atoms with Crippen LogP contribution < -0.4 is 5.32 Å². The zero-order valence-corrected chi connectivity index (χ0v) is 9.53. The zero-order chi connectivity index (χ0) is 10.4. The minimum absolute atomic E-state index is 0.452. The molecule has 0 aliphatic heterocycles. The van der Waals surface area contributed by atoms with Gasteiger partial charge in [-0.3, -0.25) is 4.79 Å². The summed E-state index contributed by atoms with van der Waals surface area (Å²) in [7, 11) is 0. The molecular weight excluding hydrogens is 218 g/mol. The monoisotopic (exact) mass is 231 g/mol. The van der Waals surface area contributed by atoms with Crippen LogP contribution in [0.5, 0.6) is 0 Å². The second-order valence-corrected chi connectivity index (χ2v) is 4.96. The first kappa shape index (κ1) is 11.6. The number of aliphatic carboxylic acids is 1. The van der Waals surface area contributed by atoms with Gasteiger partial charge in [0.05, 0.1) is 4.21 Å². The Hall–Kier alpha value is -0.520. The van der Waals surface area contributed by atoms with Crippen LogP contribution in [0.4, 0.5) is 0 Å². The molecule has 1 unspecified atom stereocenters. The summed E-state index contributed by atoms with van der Waals surface area (Å²) in [5.41, 5.74) is 0. The quantitative estimate of drug-likeness (QED) is 0.734. The van der Waals surface area contributed by atoms with E-state index in [4.69, 9.17) is 5.11 Å². The Morgan fingerprint density at radius 1 is 1.79 bits per heavy atom. The summed E-state index contributed by atoms with van der Waals surface area (Å²) in [4.78, 5) is 10.8. The van der Waals surface area contributed by atoms with Gasteiger partial charge in [-0.05, 0) is 18.0 Å². The summed E-state index contributed by atoms with van der Waals surface area (Å²) >= 11 is 3.22. The van der Waals surface area contributed by atoms with Crippen LogP contribution in [-0.2, 0) is 4.79 Å². The normalized spacial score (nSPS) is 12.6. The fraction of sp³-hybridized carbons (Fsp3) is 0.444. The van der Waals surface area contributed by atoms with Gasteiger partial charge in [-0.25, -0.2) is 0 Å². The van der Waals surface area contributed by atoms with Crippen LogP contribution in [0.1, 0.15) is 6.92 Å². The maximum Gasteiger partial charge on any atom is 0.321 e. The second-order valence-electron chi connectivity index (χ2n) is 2.69. The molecule has 0 saturated carbocycles. The van der Waals surface area contributed by atoms with Gasteiger partial charge in [0.25, 0.3) is 0 Å². The Bertz CT molecular complexity index is 274. The lowest BCUT2D eigenvalue weighted by Crippen LogP contribution is -2.38. The molecule has 1 aromatic heterocycles. The van der Waals surface area contributed by atoms with E-state index >= 15 is 0 Å². The van der Waals surface area contributed by atoms with E-state index in [1.165, 1.54) is 0 Å². The maximum atomic E-state index is 10.8. The number of likely N-dealkylation sites (N-methyl/N-ethyl adjacent to an activating group) is 1. The maximum absolute atomic E-state index is 10.8. The van der Waals surface area contributed by atoms with Gasteiger partial charge in [0.1, 0.15) is 6.04 Å². The average molecular weight is 231 g/mol. The number of hydrogen-bond acceptors (Lipinski definition) is 4. The van der Waals surface area contributed by atoms with E-state index in [9.17, 15) is 4.79 Å². The smallest absolute Gasteiger partial charge is 0.321 e. The van der Waals surface area contributed by atoms with Gasteiger partial charge in [-0.15, -0.1) is 23.1 Å². The number of carboxylic acids is 1. The Morgan fingerprint density at radius 3 is 3.07 bits per heavy atom. The molecular formula is C9H13NO2S2. The number of hydrogen-bond donors (Lipinski definition) is 2. The number of nitrogens with one attached hydrogen (secondary N) is 1. The highest BCUT2D eigenvalue weighted by atomic mass is 32.2. The van der Waals surface area contributed by atoms with Crippen LogP contribution in [0.3, 0.4) is 0 Å². The molecule has 1 aromatic rings. The van der Waals surface area contributed by atoms with Gasteiger partial charge in [0.15, 0.2) is 0 Å². The van der Waals surface area contributed by atoms with E-state index in [1.807, 2.05) is 24.4 Å². The van der Waals surface area contributed by atoms with E-state index < -0.39 is 12.0 Å². The first-order valence-electron chi connectivity index (χ1n) is 4.36. The van der Waals surface area contributed by atoms with Gasteiger partial charge >= 0.3 is 5.97 Å². The molecule has 78 valence electrons. The summed E-state index contributed by atoms with van der Waals surface area (Å²) in [6.07, 6.45) is 0. The Morgan fingerprint density at radius 2 is 2.57 bits per heavy atom. The highest BCUT2D eigenvalue weighted by Gasteiger charge is 2.15. The minimum Gasteiger partial charge on any atom is -0.480 e. The third-order valence-electron chi connectivity index (χ3n) is 1.64. The van der Waals surface area contributed by atoms with Crippen molar-refractivity contribution in [2.24, 2.45) is 0 Å². The van der Waals surface area contributed by atoms with Crippen LogP contribution in [-0.4, -0.2) is 29.4 Å². The molecule has 0 saturated heterocycles.